The second-order valence-corrected chi connectivity index (χ2v) is 3.47. The smallest absolute Gasteiger partial charge is 0.0210 e. The largest absolute Gasteiger partial charge is 0.772 e. The van der Waals surface area contributed by atoms with Gasteiger partial charge in [0.15, 0.2) is 0 Å². The molecule has 0 rings (SSSR count). The third kappa shape index (κ3) is 2.43. The first-order valence-corrected chi connectivity index (χ1v) is 3.77. The van der Waals surface area contributed by atoms with Gasteiger partial charge in [-0.15, -0.1) is 0 Å². The summed E-state index contributed by atoms with van der Waals surface area (Å²) >= 11 is -1.89. The molecular formula is C5H11O2S-. The molecular weight excluding hydrogens is 124 g/mol. The van der Waals surface area contributed by atoms with Gasteiger partial charge in [0.05, 0.1) is 0 Å². The molecule has 0 fully saturated rings. The van der Waals surface area contributed by atoms with Gasteiger partial charge in [-0.1, -0.05) is 31.9 Å². The molecule has 50 valence electrons. The summed E-state index contributed by atoms with van der Waals surface area (Å²) in [5.74, 6) is 0.230. The Bertz CT molecular complexity index is 90.4. The van der Waals surface area contributed by atoms with Gasteiger partial charge in [-0.2, -0.15) is 0 Å². The van der Waals surface area contributed by atoms with Gasteiger partial charge in [0.2, 0.25) is 0 Å². The first-order valence-electron chi connectivity index (χ1n) is 2.63. The molecule has 0 N–H and O–H groups in total. The second kappa shape index (κ2) is 3.20. The molecule has 0 saturated carbocycles. The molecule has 0 aromatic rings. The Morgan fingerprint density at radius 3 is 1.75 bits per heavy atom. The Hall–Kier alpha value is 0.110. The maximum atomic E-state index is 10.1. The summed E-state index contributed by atoms with van der Waals surface area (Å²) in [6, 6.07) is 0. The first kappa shape index (κ1) is 8.11. The molecule has 2 nitrogen and oxygen atoms in total. The minimum Gasteiger partial charge on any atom is -0.772 e. The molecule has 0 radical (unpaired) electrons. The van der Waals surface area contributed by atoms with E-state index in [9.17, 15) is 8.76 Å². The van der Waals surface area contributed by atoms with E-state index in [0.717, 1.165) is 0 Å². The van der Waals surface area contributed by atoms with Gasteiger partial charge in [-0.25, -0.2) is 0 Å². The molecule has 2 atom stereocenters. The van der Waals surface area contributed by atoms with Crippen LogP contribution in [0.4, 0.5) is 0 Å². The average molecular weight is 135 g/mol. The quantitative estimate of drug-likeness (QED) is 0.528. The van der Waals surface area contributed by atoms with Crippen LogP contribution >= 0.6 is 0 Å². The van der Waals surface area contributed by atoms with Gasteiger partial charge in [0.25, 0.3) is 0 Å². The lowest BCUT2D eigenvalue weighted by atomic mass is 10.2. The molecule has 0 saturated heterocycles. The summed E-state index contributed by atoms with van der Waals surface area (Å²) in [5, 5.41) is -0.213. The molecule has 2 unspecified atom stereocenters. The molecule has 3 heteroatoms. The third-order valence-corrected chi connectivity index (χ3v) is 2.39. The van der Waals surface area contributed by atoms with Gasteiger partial charge < -0.3 is 4.55 Å². The van der Waals surface area contributed by atoms with Crippen LogP contribution in [0, 0.1) is 5.92 Å². The van der Waals surface area contributed by atoms with Crippen LogP contribution in [0.1, 0.15) is 20.8 Å². The van der Waals surface area contributed by atoms with Gasteiger partial charge >= 0.3 is 0 Å². The fourth-order valence-electron chi connectivity index (χ4n) is 0.222. The summed E-state index contributed by atoms with van der Waals surface area (Å²) in [6.45, 7) is 5.48. The van der Waals surface area contributed by atoms with Crippen LogP contribution in [-0.4, -0.2) is 14.0 Å². The van der Waals surface area contributed by atoms with E-state index in [2.05, 4.69) is 0 Å². The van der Waals surface area contributed by atoms with Crippen LogP contribution < -0.4 is 0 Å². The van der Waals surface area contributed by atoms with Crippen LogP contribution in [0.3, 0.4) is 0 Å². The SMILES string of the molecule is CC(C)C(C)S(=O)[O-]. The minimum atomic E-state index is -1.89. The molecule has 0 bridgehead atoms. The highest BCUT2D eigenvalue weighted by atomic mass is 32.2. The van der Waals surface area contributed by atoms with E-state index in [-0.39, 0.29) is 11.2 Å². The fourth-order valence-corrected chi connectivity index (χ4v) is 0.667. The Morgan fingerprint density at radius 1 is 1.38 bits per heavy atom. The summed E-state index contributed by atoms with van der Waals surface area (Å²) in [7, 11) is 0. The zero-order chi connectivity index (χ0) is 6.73. The molecule has 0 spiro atoms. The Labute approximate surface area is 52.6 Å². The van der Waals surface area contributed by atoms with Crippen molar-refractivity contribution in [1.82, 2.24) is 0 Å². The van der Waals surface area contributed by atoms with Gasteiger partial charge in [0.1, 0.15) is 0 Å². The van der Waals surface area contributed by atoms with Crippen molar-refractivity contribution < 1.29 is 8.76 Å². The van der Waals surface area contributed by atoms with Crippen LogP contribution in [-0.2, 0) is 11.1 Å². The predicted molar refractivity (Wildman–Crippen MR) is 33.2 cm³/mol. The molecule has 8 heavy (non-hydrogen) atoms. The zero-order valence-electron chi connectivity index (χ0n) is 5.38. The lowest BCUT2D eigenvalue weighted by Crippen LogP contribution is -2.16. The number of hydrogen-bond acceptors (Lipinski definition) is 2. The molecule has 0 aromatic carbocycles. The van der Waals surface area contributed by atoms with E-state index in [0.29, 0.717) is 0 Å². The van der Waals surface area contributed by atoms with Crippen LogP contribution in [0.5, 0.6) is 0 Å². The van der Waals surface area contributed by atoms with E-state index < -0.39 is 11.1 Å². The average Bonchev–Trinajstić information content (AvgIpc) is 1.64. The standard InChI is InChI=1S/C5H12O2S/c1-4(2)5(3)8(6)7/h4-5H,1-3H3,(H,6,7)/p-1. The summed E-state index contributed by atoms with van der Waals surface area (Å²) < 4.78 is 20.3. The predicted octanol–water partition coefficient (Wildman–Crippen LogP) is 0.910. The van der Waals surface area contributed by atoms with Crippen molar-refractivity contribution in [3.05, 3.63) is 0 Å². The van der Waals surface area contributed by atoms with E-state index >= 15 is 0 Å². The molecule has 0 aliphatic heterocycles. The number of hydrogen-bond donors (Lipinski definition) is 0. The topological polar surface area (TPSA) is 40.1 Å². The van der Waals surface area contributed by atoms with E-state index in [1.54, 1.807) is 6.92 Å². The molecule has 0 aromatic heterocycles. The highest BCUT2D eigenvalue weighted by Crippen LogP contribution is 2.05. The highest BCUT2D eigenvalue weighted by Gasteiger charge is 2.05. The maximum absolute atomic E-state index is 10.1. The first-order chi connectivity index (χ1) is 3.55. The monoisotopic (exact) mass is 135 g/mol. The van der Waals surface area contributed by atoms with Crippen molar-refractivity contribution in [1.29, 1.82) is 0 Å². The fraction of sp³-hybridized carbons (Fsp3) is 1.00. The van der Waals surface area contributed by atoms with Gasteiger partial charge in [-0.3, -0.25) is 4.21 Å². The van der Waals surface area contributed by atoms with Crippen molar-refractivity contribution in [2.75, 3.05) is 0 Å². The van der Waals surface area contributed by atoms with Crippen molar-refractivity contribution in [2.24, 2.45) is 5.92 Å². The maximum Gasteiger partial charge on any atom is 0.0210 e. The summed E-state index contributed by atoms with van der Waals surface area (Å²) in [5.41, 5.74) is 0. The van der Waals surface area contributed by atoms with E-state index in [1.807, 2.05) is 13.8 Å². The van der Waals surface area contributed by atoms with E-state index in [4.69, 9.17) is 0 Å². The molecule has 0 aliphatic rings. The number of rotatable bonds is 2. The Morgan fingerprint density at radius 2 is 1.75 bits per heavy atom. The lowest BCUT2D eigenvalue weighted by molar-refractivity contribution is 0.499. The second-order valence-electron chi connectivity index (χ2n) is 2.21. The van der Waals surface area contributed by atoms with Crippen molar-refractivity contribution in [3.8, 4) is 0 Å². The van der Waals surface area contributed by atoms with Crippen molar-refractivity contribution in [3.63, 3.8) is 0 Å². The summed E-state index contributed by atoms with van der Waals surface area (Å²) in [6.07, 6.45) is 0. The Kier molecular flexibility index (Phi) is 3.24. The van der Waals surface area contributed by atoms with Gasteiger partial charge in [0, 0.05) is 5.25 Å². The molecule has 0 aliphatic carbocycles. The van der Waals surface area contributed by atoms with Crippen LogP contribution in [0.25, 0.3) is 0 Å². The molecule has 0 amide bonds. The normalized spacial score (nSPS) is 18.6. The highest BCUT2D eigenvalue weighted by molar-refractivity contribution is 7.79. The minimum absolute atomic E-state index is 0.213. The van der Waals surface area contributed by atoms with Gasteiger partial charge in [-0.05, 0) is 5.92 Å². The Balaban J connectivity index is 3.64. The third-order valence-electron chi connectivity index (χ3n) is 1.24. The summed E-state index contributed by atoms with van der Waals surface area (Å²) in [4.78, 5) is 0. The zero-order valence-corrected chi connectivity index (χ0v) is 6.20. The van der Waals surface area contributed by atoms with Crippen molar-refractivity contribution in [2.45, 2.75) is 26.0 Å². The lowest BCUT2D eigenvalue weighted by Gasteiger charge is -2.17. The molecule has 0 heterocycles. The van der Waals surface area contributed by atoms with Crippen LogP contribution in [0.15, 0.2) is 0 Å². The van der Waals surface area contributed by atoms with Crippen molar-refractivity contribution >= 4 is 11.1 Å². The van der Waals surface area contributed by atoms with Crippen LogP contribution in [0.2, 0.25) is 0 Å². The van der Waals surface area contributed by atoms with E-state index in [1.165, 1.54) is 0 Å².